The molecule has 1 fully saturated rings. The molecular formula is C14H23N3O. The third kappa shape index (κ3) is 2.43. The molecule has 0 aliphatic carbocycles. The number of methoxy groups -OCH3 is 1. The van der Waals surface area contributed by atoms with Crippen LogP contribution in [0.25, 0.3) is 0 Å². The van der Waals surface area contributed by atoms with Gasteiger partial charge < -0.3 is 15.4 Å². The zero-order chi connectivity index (χ0) is 13.1. The maximum absolute atomic E-state index is 5.92. The van der Waals surface area contributed by atoms with E-state index >= 15 is 0 Å². The number of nitrogens with two attached hydrogens (primary N) is 1. The fraction of sp³-hybridized carbons (Fsp3) is 0.643. The van der Waals surface area contributed by atoms with Crippen LogP contribution in [0.5, 0.6) is 5.75 Å². The second kappa shape index (κ2) is 5.57. The summed E-state index contributed by atoms with van der Waals surface area (Å²) in [5.74, 6) is 0.841. The zero-order valence-corrected chi connectivity index (χ0v) is 11.5. The smallest absolute Gasteiger partial charge is 0.160 e. The van der Waals surface area contributed by atoms with Gasteiger partial charge in [-0.25, -0.2) is 0 Å². The second-order valence-corrected chi connectivity index (χ2v) is 5.07. The largest absolute Gasteiger partial charge is 0.493 e. The van der Waals surface area contributed by atoms with Crippen molar-refractivity contribution < 1.29 is 4.74 Å². The summed E-state index contributed by atoms with van der Waals surface area (Å²) in [5.41, 5.74) is 8.07. The van der Waals surface area contributed by atoms with Gasteiger partial charge in [0.2, 0.25) is 0 Å². The van der Waals surface area contributed by atoms with Crippen LogP contribution in [0.1, 0.15) is 31.9 Å². The number of hydrogen-bond donors (Lipinski definition) is 1. The number of piperidine rings is 1. The number of aromatic nitrogens is 1. The van der Waals surface area contributed by atoms with Gasteiger partial charge in [0.15, 0.2) is 5.75 Å². The standard InChI is InChI=1S/C14H23N3O/c1-10-7-13(14(18-3)9-16-10)17-11(2)5-4-6-12(17)8-15/h7,9,11-12H,4-6,8,15H2,1-3H3. The van der Waals surface area contributed by atoms with Crippen LogP contribution in [-0.4, -0.2) is 30.7 Å². The molecule has 2 N–H and O–H groups in total. The van der Waals surface area contributed by atoms with Gasteiger partial charge in [0.05, 0.1) is 19.0 Å². The summed E-state index contributed by atoms with van der Waals surface area (Å²) < 4.78 is 5.45. The molecule has 1 saturated heterocycles. The Balaban J connectivity index is 2.40. The van der Waals surface area contributed by atoms with Crippen molar-refractivity contribution >= 4 is 5.69 Å². The predicted octanol–water partition coefficient (Wildman–Crippen LogP) is 2.10. The molecule has 0 spiro atoms. The first-order valence-corrected chi connectivity index (χ1v) is 6.66. The van der Waals surface area contributed by atoms with Gasteiger partial charge in [-0.05, 0) is 39.2 Å². The van der Waals surface area contributed by atoms with Gasteiger partial charge in [-0.15, -0.1) is 0 Å². The molecule has 18 heavy (non-hydrogen) atoms. The van der Waals surface area contributed by atoms with E-state index in [1.165, 1.54) is 12.8 Å². The zero-order valence-electron chi connectivity index (χ0n) is 11.5. The molecule has 100 valence electrons. The summed E-state index contributed by atoms with van der Waals surface area (Å²) >= 11 is 0. The van der Waals surface area contributed by atoms with E-state index in [0.717, 1.165) is 23.6 Å². The second-order valence-electron chi connectivity index (χ2n) is 5.07. The van der Waals surface area contributed by atoms with E-state index in [9.17, 15) is 0 Å². The predicted molar refractivity (Wildman–Crippen MR) is 74.2 cm³/mol. The number of pyridine rings is 1. The van der Waals surface area contributed by atoms with Gasteiger partial charge >= 0.3 is 0 Å². The van der Waals surface area contributed by atoms with Crippen LogP contribution in [0.2, 0.25) is 0 Å². The lowest BCUT2D eigenvalue weighted by Crippen LogP contribution is -2.49. The molecule has 1 aromatic heterocycles. The SMILES string of the molecule is COc1cnc(C)cc1N1C(C)CCCC1CN. The summed E-state index contributed by atoms with van der Waals surface area (Å²) in [6.07, 6.45) is 5.43. The first-order valence-electron chi connectivity index (χ1n) is 6.66. The Bertz CT molecular complexity index is 408. The maximum atomic E-state index is 5.92. The van der Waals surface area contributed by atoms with Crippen molar-refractivity contribution in [3.05, 3.63) is 18.0 Å². The monoisotopic (exact) mass is 249 g/mol. The van der Waals surface area contributed by atoms with Crippen LogP contribution in [0.3, 0.4) is 0 Å². The molecule has 0 aromatic carbocycles. The normalized spacial score (nSPS) is 24.1. The number of nitrogens with zero attached hydrogens (tertiary/aromatic N) is 2. The molecular weight excluding hydrogens is 226 g/mol. The minimum atomic E-state index is 0.407. The van der Waals surface area contributed by atoms with Crippen molar-refractivity contribution in [2.45, 2.75) is 45.2 Å². The fourth-order valence-corrected chi connectivity index (χ4v) is 2.84. The van der Waals surface area contributed by atoms with Crippen molar-refractivity contribution in [1.29, 1.82) is 0 Å². The van der Waals surface area contributed by atoms with Crippen molar-refractivity contribution in [2.75, 3.05) is 18.6 Å². The number of hydrogen-bond acceptors (Lipinski definition) is 4. The van der Waals surface area contributed by atoms with Gasteiger partial charge in [-0.2, -0.15) is 0 Å². The lowest BCUT2D eigenvalue weighted by molar-refractivity contribution is 0.380. The van der Waals surface area contributed by atoms with Crippen molar-refractivity contribution in [3.8, 4) is 5.75 Å². The first kappa shape index (κ1) is 13.1. The third-order valence-corrected chi connectivity index (χ3v) is 3.78. The highest BCUT2D eigenvalue weighted by molar-refractivity contribution is 5.60. The molecule has 4 heteroatoms. The van der Waals surface area contributed by atoms with E-state index in [0.29, 0.717) is 18.6 Å². The van der Waals surface area contributed by atoms with E-state index in [1.807, 2.05) is 6.92 Å². The van der Waals surface area contributed by atoms with Gasteiger partial charge in [0.1, 0.15) is 0 Å². The van der Waals surface area contributed by atoms with Gasteiger partial charge in [0.25, 0.3) is 0 Å². The van der Waals surface area contributed by atoms with E-state index in [2.05, 4.69) is 22.9 Å². The molecule has 0 bridgehead atoms. The third-order valence-electron chi connectivity index (χ3n) is 3.78. The lowest BCUT2D eigenvalue weighted by atomic mass is 9.95. The van der Waals surface area contributed by atoms with Crippen LogP contribution in [-0.2, 0) is 0 Å². The van der Waals surface area contributed by atoms with Crippen molar-refractivity contribution in [1.82, 2.24) is 4.98 Å². The van der Waals surface area contributed by atoms with Crippen LogP contribution < -0.4 is 15.4 Å². The lowest BCUT2D eigenvalue weighted by Gasteiger charge is -2.42. The van der Waals surface area contributed by atoms with E-state index in [1.54, 1.807) is 13.3 Å². The highest BCUT2D eigenvalue weighted by Gasteiger charge is 2.29. The summed E-state index contributed by atoms with van der Waals surface area (Å²) in [7, 11) is 1.70. The molecule has 2 heterocycles. The number of aryl methyl sites for hydroxylation is 1. The molecule has 1 aliphatic rings. The molecule has 2 unspecified atom stereocenters. The Labute approximate surface area is 109 Å². The first-order chi connectivity index (χ1) is 8.67. The number of ether oxygens (including phenoxy) is 1. The average Bonchev–Trinajstić information content (AvgIpc) is 2.38. The Morgan fingerprint density at radius 2 is 2.28 bits per heavy atom. The summed E-state index contributed by atoms with van der Waals surface area (Å²) in [5, 5.41) is 0. The average molecular weight is 249 g/mol. The van der Waals surface area contributed by atoms with E-state index in [-0.39, 0.29) is 0 Å². The molecule has 1 aliphatic heterocycles. The number of anilines is 1. The Morgan fingerprint density at radius 3 is 2.94 bits per heavy atom. The minimum Gasteiger partial charge on any atom is -0.493 e. The molecule has 4 nitrogen and oxygen atoms in total. The van der Waals surface area contributed by atoms with Crippen LogP contribution >= 0.6 is 0 Å². The topological polar surface area (TPSA) is 51.4 Å². The van der Waals surface area contributed by atoms with Crippen LogP contribution in [0, 0.1) is 6.92 Å². The van der Waals surface area contributed by atoms with Crippen molar-refractivity contribution in [3.63, 3.8) is 0 Å². The van der Waals surface area contributed by atoms with Gasteiger partial charge in [0, 0.05) is 24.3 Å². The van der Waals surface area contributed by atoms with Crippen molar-refractivity contribution in [2.24, 2.45) is 5.73 Å². The molecule has 2 atom stereocenters. The van der Waals surface area contributed by atoms with Gasteiger partial charge in [-0.1, -0.05) is 0 Å². The molecule has 0 amide bonds. The highest BCUT2D eigenvalue weighted by atomic mass is 16.5. The fourth-order valence-electron chi connectivity index (χ4n) is 2.84. The maximum Gasteiger partial charge on any atom is 0.160 e. The summed E-state index contributed by atoms with van der Waals surface area (Å²) in [6.45, 7) is 4.96. The molecule has 0 radical (unpaired) electrons. The van der Waals surface area contributed by atoms with Gasteiger partial charge in [-0.3, -0.25) is 4.98 Å². The molecule has 0 saturated carbocycles. The summed E-state index contributed by atoms with van der Waals surface area (Å²) in [4.78, 5) is 6.71. The Hall–Kier alpha value is -1.29. The molecule has 1 aromatic rings. The number of rotatable bonds is 3. The van der Waals surface area contributed by atoms with E-state index < -0.39 is 0 Å². The van der Waals surface area contributed by atoms with Crippen LogP contribution in [0.4, 0.5) is 5.69 Å². The minimum absolute atomic E-state index is 0.407. The highest BCUT2D eigenvalue weighted by Crippen LogP contribution is 2.35. The Morgan fingerprint density at radius 1 is 1.50 bits per heavy atom. The molecule has 2 rings (SSSR count). The quantitative estimate of drug-likeness (QED) is 0.891. The Kier molecular flexibility index (Phi) is 4.07. The summed E-state index contributed by atoms with van der Waals surface area (Å²) in [6, 6.07) is 3.01. The van der Waals surface area contributed by atoms with E-state index in [4.69, 9.17) is 10.5 Å². The van der Waals surface area contributed by atoms with Crippen LogP contribution in [0.15, 0.2) is 12.3 Å².